The van der Waals surface area contributed by atoms with Crippen molar-refractivity contribution in [2.24, 2.45) is 0 Å². The molecular weight excluding hydrogens is 198 g/mol. The summed E-state index contributed by atoms with van der Waals surface area (Å²) in [5.41, 5.74) is 1.40. The van der Waals surface area contributed by atoms with Crippen molar-refractivity contribution >= 4 is 23.3 Å². The maximum absolute atomic E-state index is 11.1. The summed E-state index contributed by atoms with van der Waals surface area (Å²) < 4.78 is 0. The molecule has 0 saturated heterocycles. The fraction of sp³-hybridized carbons (Fsp3) is 0.100. The van der Waals surface area contributed by atoms with Gasteiger partial charge in [0.15, 0.2) is 0 Å². The van der Waals surface area contributed by atoms with E-state index in [0.29, 0.717) is 11.3 Å². The Morgan fingerprint density at radius 3 is 2.73 bits per heavy atom. The number of carboxylic acid groups (broad SMARTS) is 1. The molecule has 2 rings (SSSR count). The molecule has 1 aromatic rings. The van der Waals surface area contributed by atoms with Gasteiger partial charge in [-0.25, -0.2) is 4.79 Å². The van der Waals surface area contributed by atoms with E-state index in [1.807, 2.05) is 0 Å². The SMILES string of the molecule is O=C1Cc2cc(C(=O)C(=O)O)ccc2N1. The van der Waals surface area contributed by atoms with Gasteiger partial charge < -0.3 is 10.4 Å². The maximum Gasteiger partial charge on any atom is 0.377 e. The first-order chi connectivity index (χ1) is 7.08. The quantitative estimate of drug-likeness (QED) is 0.542. The van der Waals surface area contributed by atoms with Crippen LogP contribution in [0.25, 0.3) is 0 Å². The molecule has 1 aliphatic heterocycles. The molecule has 0 fully saturated rings. The van der Waals surface area contributed by atoms with Crippen LogP contribution in [0.4, 0.5) is 5.69 Å². The first kappa shape index (κ1) is 9.39. The fourth-order valence-electron chi connectivity index (χ4n) is 1.49. The summed E-state index contributed by atoms with van der Waals surface area (Å²) >= 11 is 0. The van der Waals surface area contributed by atoms with Gasteiger partial charge in [-0.2, -0.15) is 0 Å². The first-order valence-electron chi connectivity index (χ1n) is 4.28. The summed E-state index contributed by atoms with van der Waals surface area (Å²) in [5.74, 6) is -2.60. The molecule has 15 heavy (non-hydrogen) atoms. The van der Waals surface area contributed by atoms with Gasteiger partial charge >= 0.3 is 5.97 Å². The van der Waals surface area contributed by atoms with Gasteiger partial charge in [0, 0.05) is 11.3 Å². The van der Waals surface area contributed by atoms with Crippen molar-refractivity contribution in [2.45, 2.75) is 6.42 Å². The molecule has 0 aromatic heterocycles. The molecular formula is C10H7NO4. The number of Topliss-reactive ketones (excluding diaryl/α,β-unsaturated/α-hetero) is 1. The monoisotopic (exact) mass is 205 g/mol. The highest BCUT2D eigenvalue weighted by Crippen LogP contribution is 2.23. The molecule has 1 aliphatic rings. The van der Waals surface area contributed by atoms with Gasteiger partial charge in [-0.05, 0) is 23.8 Å². The Labute approximate surface area is 84.7 Å². The maximum atomic E-state index is 11.1. The van der Waals surface area contributed by atoms with Crippen LogP contribution in [0.1, 0.15) is 15.9 Å². The number of amides is 1. The second-order valence-corrected chi connectivity index (χ2v) is 3.23. The average Bonchev–Trinajstić information content (AvgIpc) is 2.55. The zero-order chi connectivity index (χ0) is 11.0. The Hall–Kier alpha value is -2.17. The Kier molecular flexibility index (Phi) is 2.00. The van der Waals surface area contributed by atoms with E-state index in [-0.39, 0.29) is 17.9 Å². The second kappa shape index (κ2) is 3.20. The van der Waals surface area contributed by atoms with Crippen LogP contribution in [0.2, 0.25) is 0 Å². The van der Waals surface area contributed by atoms with Crippen LogP contribution in [0.3, 0.4) is 0 Å². The van der Waals surface area contributed by atoms with Crippen molar-refractivity contribution in [1.29, 1.82) is 0 Å². The van der Waals surface area contributed by atoms with Gasteiger partial charge in [-0.3, -0.25) is 9.59 Å². The van der Waals surface area contributed by atoms with E-state index in [0.717, 1.165) is 0 Å². The highest BCUT2D eigenvalue weighted by molar-refractivity contribution is 6.40. The summed E-state index contributed by atoms with van der Waals surface area (Å²) in [6, 6.07) is 4.36. The van der Waals surface area contributed by atoms with E-state index >= 15 is 0 Å². The number of fused-ring (bicyclic) bond motifs is 1. The zero-order valence-corrected chi connectivity index (χ0v) is 7.61. The van der Waals surface area contributed by atoms with Gasteiger partial charge in [0.1, 0.15) is 0 Å². The van der Waals surface area contributed by atoms with E-state index in [1.165, 1.54) is 18.2 Å². The zero-order valence-electron chi connectivity index (χ0n) is 7.61. The van der Waals surface area contributed by atoms with Crippen LogP contribution in [0, 0.1) is 0 Å². The number of nitrogens with one attached hydrogen (secondary N) is 1. The van der Waals surface area contributed by atoms with E-state index in [4.69, 9.17) is 5.11 Å². The molecule has 0 saturated carbocycles. The number of ketones is 1. The normalized spacial score (nSPS) is 13.2. The molecule has 0 atom stereocenters. The predicted octanol–water partition coefficient (Wildman–Crippen LogP) is 0.448. The minimum absolute atomic E-state index is 0.0951. The van der Waals surface area contributed by atoms with E-state index in [2.05, 4.69) is 5.32 Å². The minimum atomic E-state index is -1.49. The molecule has 0 spiro atoms. The standard InChI is InChI=1S/C10H7NO4/c12-8-4-6-3-5(9(13)10(14)15)1-2-7(6)11-8/h1-3H,4H2,(H,11,12)(H,14,15). The highest BCUT2D eigenvalue weighted by atomic mass is 16.4. The van der Waals surface area contributed by atoms with Crippen LogP contribution in [-0.4, -0.2) is 22.8 Å². The summed E-state index contributed by atoms with van der Waals surface area (Å²) in [7, 11) is 0. The van der Waals surface area contributed by atoms with Crippen LogP contribution in [0.15, 0.2) is 18.2 Å². The number of carbonyl (C=O) groups excluding carboxylic acids is 2. The van der Waals surface area contributed by atoms with Crippen molar-refractivity contribution in [3.8, 4) is 0 Å². The van der Waals surface area contributed by atoms with Gasteiger partial charge in [-0.15, -0.1) is 0 Å². The molecule has 2 N–H and O–H groups in total. The van der Waals surface area contributed by atoms with Crippen molar-refractivity contribution < 1.29 is 19.5 Å². The molecule has 1 amide bonds. The molecule has 5 heteroatoms. The third kappa shape index (κ3) is 1.59. The summed E-state index contributed by atoms with van der Waals surface area (Å²) in [6.45, 7) is 0. The number of carbonyl (C=O) groups is 3. The summed E-state index contributed by atoms with van der Waals surface area (Å²) in [5, 5.41) is 11.1. The molecule has 5 nitrogen and oxygen atoms in total. The third-order valence-electron chi connectivity index (χ3n) is 2.19. The van der Waals surface area contributed by atoms with Crippen molar-refractivity contribution in [3.05, 3.63) is 29.3 Å². The lowest BCUT2D eigenvalue weighted by Crippen LogP contribution is -2.12. The summed E-state index contributed by atoms with van der Waals surface area (Å²) in [6.07, 6.45) is 0.191. The van der Waals surface area contributed by atoms with E-state index in [9.17, 15) is 14.4 Å². The van der Waals surface area contributed by atoms with Crippen molar-refractivity contribution in [2.75, 3.05) is 5.32 Å². The Morgan fingerprint density at radius 1 is 1.33 bits per heavy atom. The molecule has 0 radical (unpaired) electrons. The Balaban J connectivity index is 2.39. The number of aliphatic carboxylic acids is 1. The molecule has 1 aromatic carbocycles. The number of hydrogen-bond acceptors (Lipinski definition) is 3. The van der Waals surface area contributed by atoms with Gasteiger partial charge in [-0.1, -0.05) is 0 Å². The number of benzene rings is 1. The lowest BCUT2D eigenvalue weighted by molar-refractivity contribution is -0.131. The summed E-state index contributed by atoms with van der Waals surface area (Å²) in [4.78, 5) is 32.6. The topological polar surface area (TPSA) is 83.5 Å². The van der Waals surface area contributed by atoms with Crippen LogP contribution in [0.5, 0.6) is 0 Å². The average molecular weight is 205 g/mol. The lowest BCUT2D eigenvalue weighted by atomic mass is 10.1. The number of hydrogen-bond donors (Lipinski definition) is 2. The second-order valence-electron chi connectivity index (χ2n) is 3.23. The predicted molar refractivity (Wildman–Crippen MR) is 50.7 cm³/mol. The van der Waals surface area contributed by atoms with Crippen molar-refractivity contribution in [3.63, 3.8) is 0 Å². The Bertz CT molecular complexity index is 478. The van der Waals surface area contributed by atoms with Crippen molar-refractivity contribution in [1.82, 2.24) is 0 Å². The molecule has 0 aliphatic carbocycles. The first-order valence-corrected chi connectivity index (χ1v) is 4.28. The van der Waals surface area contributed by atoms with E-state index in [1.54, 1.807) is 0 Å². The van der Waals surface area contributed by atoms with Gasteiger partial charge in [0.05, 0.1) is 6.42 Å². The molecule has 0 bridgehead atoms. The fourth-order valence-corrected chi connectivity index (χ4v) is 1.49. The third-order valence-corrected chi connectivity index (χ3v) is 2.19. The number of carboxylic acids is 1. The Morgan fingerprint density at radius 2 is 2.07 bits per heavy atom. The lowest BCUT2D eigenvalue weighted by Gasteiger charge is -2.00. The van der Waals surface area contributed by atoms with Crippen LogP contribution in [-0.2, 0) is 16.0 Å². The molecule has 0 unspecified atom stereocenters. The highest BCUT2D eigenvalue weighted by Gasteiger charge is 2.21. The van der Waals surface area contributed by atoms with Gasteiger partial charge in [0.2, 0.25) is 5.91 Å². The van der Waals surface area contributed by atoms with E-state index < -0.39 is 11.8 Å². The smallest absolute Gasteiger partial charge is 0.377 e. The van der Waals surface area contributed by atoms with Gasteiger partial charge in [0.25, 0.3) is 5.78 Å². The minimum Gasteiger partial charge on any atom is -0.475 e. The number of rotatable bonds is 2. The largest absolute Gasteiger partial charge is 0.475 e. The number of anilines is 1. The molecule has 76 valence electrons. The molecule has 1 heterocycles. The van der Waals surface area contributed by atoms with Crippen LogP contribution < -0.4 is 5.32 Å². The van der Waals surface area contributed by atoms with Crippen LogP contribution >= 0.6 is 0 Å².